The third kappa shape index (κ3) is 5.09. The summed E-state index contributed by atoms with van der Waals surface area (Å²) in [6, 6.07) is 0. The van der Waals surface area contributed by atoms with Gasteiger partial charge in [-0.15, -0.1) is 0 Å². The SMILES string of the molecule is CCNCCn1nc(C)c(S(=O)(=O)NCCC(C)C)c1C. The van der Waals surface area contributed by atoms with Crippen LogP contribution in [0.3, 0.4) is 0 Å². The van der Waals surface area contributed by atoms with Crippen LogP contribution in [0.1, 0.15) is 38.6 Å². The zero-order chi connectivity index (χ0) is 16.0. The maximum atomic E-state index is 12.4. The minimum Gasteiger partial charge on any atom is -0.315 e. The van der Waals surface area contributed by atoms with Crippen LogP contribution in [0, 0.1) is 19.8 Å². The lowest BCUT2D eigenvalue weighted by molar-refractivity contribution is 0.545. The van der Waals surface area contributed by atoms with E-state index < -0.39 is 10.0 Å². The molecule has 0 saturated heterocycles. The summed E-state index contributed by atoms with van der Waals surface area (Å²) in [4.78, 5) is 0.322. The van der Waals surface area contributed by atoms with Crippen LogP contribution in [0.2, 0.25) is 0 Å². The fourth-order valence-electron chi connectivity index (χ4n) is 2.20. The van der Waals surface area contributed by atoms with E-state index in [1.54, 1.807) is 11.6 Å². The Morgan fingerprint density at radius 1 is 1.24 bits per heavy atom. The molecule has 21 heavy (non-hydrogen) atoms. The molecular weight excluding hydrogens is 288 g/mol. The molecule has 0 amide bonds. The van der Waals surface area contributed by atoms with E-state index >= 15 is 0 Å². The van der Waals surface area contributed by atoms with Gasteiger partial charge in [-0.2, -0.15) is 5.10 Å². The molecule has 0 radical (unpaired) electrons. The predicted molar refractivity (Wildman–Crippen MR) is 84.9 cm³/mol. The normalized spacial score (nSPS) is 12.3. The van der Waals surface area contributed by atoms with E-state index in [1.165, 1.54) is 0 Å². The van der Waals surface area contributed by atoms with Gasteiger partial charge in [-0.3, -0.25) is 4.68 Å². The Labute approximate surface area is 128 Å². The van der Waals surface area contributed by atoms with E-state index in [1.807, 2.05) is 13.8 Å². The molecule has 0 fully saturated rings. The van der Waals surface area contributed by atoms with Crippen molar-refractivity contribution in [2.75, 3.05) is 19.6 Å². The maximum absolute atomic E-state index is 12.4. The zero-order valence-corrected chi connectivity index (χ0v) is 14.5. The van der Waals surface area contributed by atoms with Crippen LogP contribution < -0.4 is 10.0 Å². The summed E-state index contributed by atoms with van der Waals surface area (Å²) in [5.74, 6) is 0.470. The molecule has 0 aliphatic rings. The van der Waals surface area contributed by atoms with Crippen LogP contribution in [0.25, 0.3) is 0 Å². The molecule has 0 aliphatic carbocycles. The summed E-state index contributed by atoms with van der Waals surface area (Å²) in [6.45, 7) is 12.5. The first kappa shape index (κ1) is 18.1. The van der Waals surface area contributed by atoms with Gasteiger partial charge < -0.3 is 5.32 Å². The molecule has 1 rings (SSSR count). The molecule has 6 nitrogen and oxygen atoms in total. The van der Waals surface area contributed by atoms with Crippen molar-refractivity contribution in [3.63, 3.8) is 0 Å². The Kier molecular flexibility index (Phi) is 6.83. The van der Waals surface area contributed by atoms with Crippen molar-refractivity contribution in [1.82, 2.24) is 19.8 Å². The molecule has 0 aliphatic heterocycles. The van der Waals surface area contributed by atoms with Gasteiger partial charge in [0.25, 0.3) is 0 Å². The minimum absolute atomic E-state index is 0.322. The summed E-state index contributed by atoms with van der Waals surface area (Å²) in [5, 5.41) is 7.56. The van der Waals surface area contributed by atoms with Crippen molar-refractivity contribution in [3.8, 4) is 0 Å². The molecule has 0 atom stereocenters. The van der Waals surface area contributed by atoms with Gasteiger partial charge >= 0.3 is 0 Å². The smallest absolute Gasteiger partial charge is 0.244 e. The van der Waals surface area contributed by atoms with E-state index in [4.69, 9.17) is 0 Å². The van der Waals surface area contributed by atoms with Crippen molar-refractivity contribution in [3.05, 3.63) is 11.4 Å². The van der Waals surface area contributed by atoms with Gasteiger partial charge in [0.1, 0.15) is 4.90 Å². The summed E-state index contributed by atoms with van der Waals surface area (Å²) in [7, 11) is -3.48. The van der Waals surface area contributed by atoms with E-state index in [0.29, 0.717) is 35.3 Å². The van der Waals surface area contributed by atoms with Crippen LogP contribution in [-0.2, 0) is 16.6 Å². The average molecular weight is 316 g/mol. The molecule has 0 saturated carbocycles. The Morgan fingerprint density at radius 3 is 2.48 bits per heavy atom. The largest absolute Gasteiger partial charge is 0.315 e. The van der Waals surface area contributed by atoms with E-state index in [9.17, 15) is 8.42 Å². The van der Waals surface area contributed by atoms with E-state index in [-0.39, 0.29) is 0 Å². The fraction of sp³-hybridized carbons (Fsp3) is 0.786. The van der Waals surface area contributed by atoms with Crippen molar-refractivity contribution in [2.45, 2.75) is 52.5 Å². The van der Waals surface area contributed by atoms with Crippen molar-refractivity contribution in [1.29, 1.82) is 0 Å². The fourth-order valence-corrected chi connectivity index (χ4v) is 3.66. The monoisotopic (exact) mass is 316 g/mol. The quantitative estimate of drug-likeness (QED) is 0.676. The molecule has 0 aromatic carbocycles. The van der Waals surface area contributed by atoms with Gasteiger partial charge in [-0.05, 0) is 32.7 Å². The van der Waals surface area contributed by atoms with Gasteiger partial charge in [-0.1, -0.05) is 20.8 Å². The standard InChI is InChI=1S/C14H28N4O2S/c1-6-15-9-10-18-13(5)14(12(4)17-18)21(19,20)16-8-7-11(2)3/h11,15-16H,6-10H2,1-5H3. The summed E-state index contributed by atoms with van der Waals surface area (Å²) >= 11 is 0. The third-order valence-electron chi connectivity index (χ3n) is 3.35. The van der Waals surface area contributed by atoms with Gasteiger partial charge in [0.2, 0.25) is 10.0 Å². The highest BCUT2D eigenvalue weighted by Crippen LogP contribution is 2.19. The van der Waals surface area contributed by atoms with Crippen LogP contribution >= 0.6 is 0 Å². The number of nitrogens with zero attached hydrogens (tertiary/aromatic N) is 2. The molecule has 7 heteroatoms. The molecule has 122 valence electrons. The molecule has 0 spiro atoms. The second kappa shape index (κ2) is 7.91. The lowest BCUT2D eigenvalue weighted by Crippen LogP contribution is -2.26. The number of aromatic nitrogens is 2. The number of rotatable bonds is 9. The van der Waals surface area contributed by atoms with Gasteiger partial charge in [0.05, 0.1) is 17.9 Å². The first-order valence-corrected chi connectivity index (χ1v) is 9.02. The number of hydrogen-bond donors (Lipinski definition) is 2. The highest BCUT2D eigenvalue weighted by Gasteiger charge is 2.24. The summed E-state index contributed by atoms with van der Waals surface area (Å²) in [5.41, 5.74) is 1.25. The number of sulfonamides is 1. The second-order valence-electron chi connectivity index (χ2n) is 5.66. The van der Waals surface area contributed by atoms with Crippen LogP contribution in [0.5, 0.6) is 0 Å². The summed E-state index contributed by atoms with van der Waals surface area (Å²) in [6.07, 6.45) is 0.825. The van der Waals surface area contributed by atoms with Crippen molar-refractivity contribution in [2.24, 2.45) is 5.92 Å². The zero-order valence-electron chi connectivity index (χ0n) is 13.7. The lowest BCUT2D eigenvalue weighted by Gasteiger charge is -2.09. The first-order chi connectivity index (χ1) is 9.79. The lowest BCUT2D eigenvalue weighted by atomic mass is 10.1. The van der Waals surface area contributed by atoms with Gasteiger partial charge in [0, 0.05) is 13.1 Å². The molecule has 2 N–H and O–H groups in total. The Balaban J connectivity index is 2.86. The number of likely N-dealkylation sites (N-methyl/N-ethyl adjacent to an activating group) is 1. The molecule has 1 aromatic rings. The Bertz CT molecular complexity index is 550. The van der Waals surface area contributed by atoms with E-state index in [0.717, 1.165) is 19.5 Å². The van der Waals surface area contributed by atoms with Crippen LogP contribution in [0.15, 0.2) is 4.90 Å². The molecule has 0 unspecified atom stereocenters. The van der Waals surface area contributed by atoms with Crippen LogP contribution in [0.4, 0.5) is 0 Å². The predicted octanol–water partition coefficient (Wildman–Crippen LogP) is 1.43. The minimum atomic E-state index is -3.48. The highest BCUT2D eigenvalue weighted by atomic mass is 32.2. The first-order valence-electron chi connectivity index (χ1n) is 7.54. The van der Waals surface area contributed by atoms with Gasteiger partial charge in [-0.25, -0.2) is 13.1 Å². The van der Waals surface area contributed by atoms with E-state index in [2.05, 4.69) is 29.0 Å². The second-order valence-corrected chi connectivity index (χ2v) is 7.36. The van der Waals surface area contributed by atoms with Crippen molar-refractivity contribution >= 4 is 10.0 Å². The van der Waals surface area contributed by atoms with Gasteiger partial charge in [0.15, 0.2) is 0 Å². The third-order valence-corrected chi connectivity index (χ3v) is 5.06. The topological polar surface area (TPSA) is 76.0 Å². The number of hydrogen-bond acceptors (Lipinski definition) is 4. The summed E-state index contributed by atoms with van der Waals surface area (Å²) < 4.78 is 29.3. The Hall–Kier alpha value is -0.920. The molecular formula is C14H28N4O2S. The van der Waals surface area contributed by atoms with Crippen molar-refractivity contribution < 1.29 is 8.42 Å². The molecule has 1 aromatic heterocycles. The highest BCUT2D eigenvalue weighted by molar-refractivity contribution is 7.89. The number of aryl methyl sites for hydroxylation is 1. The molecule has 1 heterocycles. The average Bonchev–Trinajstić information content (AvgIpc) is 2.64. The molecule has 0 bridgehead atoms. The van der Waals surface area contributed by atoms with Crippen LogP contribution in [-0.4, -0.2) is 37.8 Å². The Morgan fingerprint density at radius 2 is 1.90 bits per heavy atom. The maximum Gasteiger partial charge on any atom is 0.244 e. The number of nitrogens with one attached hydrogen (secondary N) is 2.